The number of halogens is 1. The molecule has 0 aromatic heterocycles. The van der Waals surface area contributed by atoms with E-state index in [-0.39, 0.29) is 5.82 Å². The molecule has 3 amide bonds. The van der Waals surface area contributed by atoms with Crippen LogP contribution >= 0.6 is 0 Å². The summed E-state index contributed by atoms with van der Waals surface area (Å²) in [5.74, 6) is -1.95. The lowest BCUT2D eigenvalue weighted by Gasteiger charge is -2.16. The first kappa shape index (κ1) is 18.9. The van der Waals surface area contributed by atoms with E-state index in [1.807, 2.05) is 0 Å². The van der Waals surface area contributed by atoms with E-state index in [9.17, 15) is 18.8 Å². The molecular formula is C19H17FN2O4. The fraction of sp³-hybridized carbons (Fsp3) is 0.105. The number of rotatable bonds is 5. The largest absolute Gasteiger partial charge is 0.444 e. The molecule has 0 fully saturated rings. The van der Waals surface area contributed by atoms with Gasteiger partial charge in [0.05, 0.1) is 0 Å². The van der Waals surface area contributed by atoms with Crippen LogP contribution in [-0.4, -0.2) is 25.0 Å². The van der Waals surface area contributed by atoms with Crippen LogP contribution in [0.4, 0.5) is 9.18 Å². The minimum Gasteiger partial charge on any atom is -0.444 e. The third-order valence-corrected chi connectivity index (χ3v) is 3.32. The number of ether oxygens (including phenoxy) is 1. The summed E-state index contributed by atoms with van der Waals surface area (Å²) in [4.78, 5) is 35.7. The summed E-state index contributed by atoms with van der Waals surface area (Å²) >= 11 is 0. The van der Waals surface area contributed by atoms with Gasteiger partial charge in [0.25, 0.3) is 5.91 Å². The number of carbonyl (C=O) groups excluding carboxylic acids is 3. The molecule has 0 saturated carbocycles. The Morgan fingerprint density at radius 3 is 2.31 bits per heavy atom. The normalized spacial score (nSPS) is 11.6. The number of imide groups is 1. The number of amides is 3. The van der Waals surface area contributed by atoms with Crippen LogP contribution in [0.2, 0.25) is 0 Å². The topological polar surface area (TPSA) is 84.5 Å². The second-order valence-corrected chi connectivity index (χ2v) is 5.18. The van der Waals surface area contributed by atoms with Gasteiger partial charge >= 0.3 is 12.0 Å². The predicted molar refractivity (Wildman–Crippen MR) is 93.3 cm³/mol. The van der Waals surface area contributed by atoms with E-state index in [4.69, 9.17) is 4.74 Å². The summed E-state index contributed by atoms with van der Waals surface area (Å²) in [5, 5.41) is 4.33. The zero-order chi connectivity index (χ0) is 18.9. The Kier molecular flexibility index (Phi) is 6.61. The highest BCUT2D eigenvalue weighted by atomic mass is 19.1. The van der Waals surface area contributed by atoms with E-state index in [0.29, 0.717) is 11.1 Å². The molecule has 0 aliphatic heterocycles. The maximum Gasteiger partial charge on any atom is 0.331 e. The van der Waals surface area contributed by atoms with Crippen molar-refractivity contribution >= 4 is 24.0 Å². The average molecular weight is 356 g/mol. The van der Waals surface area contributed by atoms with Gasteiger partial charge in [-0.3, -0.25) is 10.1 Å². The van der Waals surface area contributed by atoms with Gasteiger partial charge in [-0.25, -0.2) is 14.0 Å². The Balaban J connectivity index is 2.12. The molecule has 0 unspecified atom stereocenters. The average Bonchev–Trinajstić information content (AvgIpc) is 2.66. The maximum absolute atomic E-state index is 12.9. The fourth-order valence-corrected chi connectivity index (χ4v) is 2.03. The molecule has 0 aliphatic carbocycles. The Bertz CT molecular complexity index is 804. The molecular weight excluding hydrogens is 339 g/mol. The monoisotopic (exact) mass is 356 g/mol. The highest BCUT2D eigenvalue weighted by Gasteiger charge is 2.25. The van der Waals surface area contributed by atoms with Crippen LogP contribution in [0.5, 0.6) is 0 Å². The Morgan fingerprint density at radius 2 is 1.69 bits per heavy atom. The van der Waals surface area contributed by atoms with Gasteiger partial charge in [0.15, 0.2) is 0 Å². The molecule has 2 N–H and O–H groups in total. The van der Waals surface area contributed by atoms with Crippen LogP contribution in [0.1, 0.15) is 17.2 Å². The van der Waals surface area contributed by atoms with Crippen LogP contribution in [0, 0.1) is 5.82 Å². The lowest BCUT2D eigenvalue weighted by atomic mass is 10.1. The summed E-state index contributed by atoms with van der Waals surface area (Å²) in [7, 11) is 1.36. The molecule has 6 nitrogen and oxygen atoms in total. The van der Waals surface area contributed by atoms with Crippen LogP contribution < -0.4 is 10.6 Å². The highest BCUT2D eigenvalue weighted by Crippen LogP contribution is 2.18. The second-order valence-electron chi connectivity index (χ2n) is 5.18. The van der Waals surface area contributed by atoms with Gasteiger partial charge in [-0.1, -0.05) is 42.5 Å². The zero-order valence-corrected chi connectivity index (χ0v) is 13.9. The first-order chi connectivity index (χ1) is 12.5. The van der Waals surface area contributed by atoms with Crippen molar-refractivity contribution in [1.82, 2.24) is 10.6 Å². The zero-order valence-electron chi connectivity index (χ0n) is 13.9. The summed E-state index contributed by atoms with van der Waals surface area (Å²) in [6.07, 6.45) is 1.26. The Morgan fingerprint density at radius 1 is 1.04 bits per heavy atom. The van der Waals surface area contributed by atoms with Crippen molar-refractivity contribution in [2.45, 2.75) is 6.10 Å². The number of hydrogen-bond acceptors (Lipinski definition) is 4. The molecule has 0 saturated heterocycles. The molecule has 0 spiro atoms. The van der Waals surface area contributed by atoms with Crippen molar-refractivity contribution in [2.75, 3.05) is 7.05 Å². The predicted octanol–water partition coefficient (Wildman–Crippen LogP) is 2.58. The minimum atomic E-state index is -1.29. The SMILES string of the molecule is CNC(=O)NC(=O)[C@@H](OC(=O)/C=C/c1ccc(F)cc1)c1ccccc1. The fourth-order valence-electron chi connectivity index (χ4n) is 2.03. The van der Waals surface area contributed by atoms with E-state index < -0.39 is 24.0 Å². The molecule has 2 rings (SSSR count). The number of carbonyl (C=O) groups is 3. The summed E-state index contributed by atoms with van der Waals surface area (Å²) < 4.78 is 18.1. The molecule has 0 heterocycles. The summed E-state index contributed by atoms with van der Waals surface area (Å²) in [6.45, 7) is 0. The lowest BCUT2D eigenvalue weighted by Crippen LogP contribution is -2.41. The molecule has 0 bridgehead atoms. The van der Waals surface area contributed by atoms with E-state index >= 15 is 0 Å². The Labute approximate surface area is 149 Å². The van der Waals surface area contributed by atoms with Gasteiger partial charge in [0.1, 0.15) is 5.82 Å². The van der Waals surface area contributed by atoms with Gasteiger partial charge in [-0.15, -0.1) is 0 Å². The quantitative estimate of drug-likeness (QED) is 0.637. The second kappa shape index (κ2) is 9.12. The van der Waals surface area contributed by atoms with E-state index in [2.05, 4.69) is 10.6 Å². The number of hydrogen-bond donors (Lipinski definition) is 2. The maximum atomic E-state index is 12.9. The lowest BCUT2D eigenvalue weighted by molar-refractivity contribution is -0.151. The molecule has 26 heavy (non-hydrogen) atoms. The van der Waals surface area contributed by atoms with Crippen LogP contribution in [-0.2, 0) is 14.3 Å². The molecule has 1 atom stereocenters. The van der Waals surface area contributed by atoms with Crippen LogP contribution in [0.25, 0.3) is 6.08 Å². The molecule has 134 valence electrons. The standard InChI is InChI=1S/C19H17FN2O4/c1-21-19(25)22-18(24)17(14-5-3-2-4-6-14)26-16(23)12-9-13-7-10-15(20)11-8-13/h2-12,17H,1H3,(H2,21,22,24,25)/b12-9+/t17-/m0/s1. The number of nitrogens with one attached hydrogen (secondary N) is 2. The van der Waals surface area contributed by atoms with Gasteiger partial charge in [-0.05, 0) is 23.8 Å². The minimum absolute atomic E-state index is 0.389. The smallest absolute Gasteiger partial charge is 0.331 e. The number of urea groups is 1. The van der Waals surface area contributed by atoms with Crippen molar-refractivity contribution < 1.29 is 23.5 Å². The van der Waals surface area contributed by atoms with E-state index in [1.165, 1.54) is 37.4 Å². The molecule has 0 aliphatic rings. The number of esters is 1. The highest BCUT2D eigenvalue weighted by molar-refractivity contribution is 5.98. The summed E-state index contributed by atoms with van der Waals surface area (Å²) in [5.41, 5.74) is 1.01. The van der Waals surface area contributed by atoms with Crippen molar-refractivity contribution in [1.29, 1.82) is 0 Å². The van der Waals surface area contributed by atoms with Crippen molar-refractivity contribution in [3.63, 3.8) is 0 Å². The van der Waals surface area contributed by atoms with Crippen molar-refractivity contribution in [2.24, 2.45) is 0 Å². The molecule has 2 aromatic rings. The summed E-state index contributed by atoms with van der Waals surface area (Å²) in [6, 6.07) is 13.1. The molecule has 7 heteroatoms. The first-order valence-corrected chi connectivity index (χ1v) is 7.71. The van der Waals surface area contributed by atoms with Crippen molar-refractivity contribution in [3.8, 4) is 0 Å². The third-order valence-electron chi connectivity index (χ3n) is 3.32. The van der Waals surface area contributed by atoms with Gasteiger partial charge in [-0.2, -0.15) is 0 Å². The van der Waals surface area contributed by atoms with Crippen LogP contribution in [0.3, 0.4) is 0 Å². The van der Waals surface area contributed by atoms with E-state index in [1.54, 1.807) is 30.3 Å². The first-order valence-electron chi connectivity index (χ1n) is 7.71. The van der Waals surface area contributed by atoms with E-state index in [0.717, 1.165) is 6.08 Å². The Hall–Kier alpha value is -3.48. The number of benzene rings is 2. The van der Waals surface area contributed by atoms with Gasteiger partial charge in [0.2, 0.25) is 6.10 Å². The van der Waals surface area contributed by atoms with Gasteiger partial charge in [0, 0.05) is 18.7 Å². The molecule has 0 radical (unpaired) electrons. The van der Waals surface area contributed by atoms with Gasteiger partial charge < -0.3 is 10.1 Å². The molecule has 2 aromatic carbocycles. The third kappa shape index (κ3) is 5.55. The van der Waals surface area contributed by atoms with Crippen LogP contribution in [0.15, 0.2) is 60.7 Å². The van der Waals surface area contributed by atoms with Crippen molar-refractivity contribution in [3.05, 3.63) is 77.6 Å².